The zero-order chi connectivity index (χ0) is 15.6. The molecule has 114 valence electrons. The molecule has 0 aromatic carbocycles. The molecule has 0 aliphatic heterocycles. The lowest BCUT2D eigenvalue weighted by Gasteiger charge is -2.21. The van der Waals surface area contributed by atoms with Crippen LogP contribution in [0.1, 0.15) is 39.3 Å². The first-order valence-corrected chi connectivity index (χ1v) is 7.29. The lowest BCUT2D eigenvalue weighted by atomic mass is 10.1. The summed E-state index contributed by atoms with van der Waals surface area (Å²) in [6.45, 7) is 8.69. The summed E-state index contributed by atoms with van der Waals surface area (Å²) < 4.78 is 1.80. The quantitative estimate of drug-likeness (QED) is 0.916. The zero-order valence-corrected chi connectivity index (χ0v) is 13.3. The predicted octanol–water partition coefficient (Wildman–Crippen LogP) is 2.13. The van der Waals surface area contributed by atoms with E-state index in [0.29, 0.717) is 18.3 Å². The molecule has 0 saturated heterocycles. The molecule has 21 heavy (non-hydrogen) atoms. The summed E-state index contributed by atoms with van der Waals surface area (Å²) in [4.78, 5) is 18.2. The van der Waals surface area contributed by atoms with Crippen molar-refractivity contribution in [3.8, 4) is 0 Å². The van der Waals surface area contributed by atoms with Gasteiger partial charge in [0.2, 0.25) is 5.91 Å². The third-order valence-corrected chi connectivity index (χ3v) is 3.57. The highest BCUT2D eigenvalue weighted by atomic mass is 16.2. The molecule has 2 aromatic heterocycles. The molecule has 0 spiro atoms. The minimum absolute atomic E-state index is 0.0462. The monoisotopic (exact) mass is 289 g/mol. The van der Waals surface area contributed by atoms with Crippen molar-refractivity contribution < 1.29 is 4.79 Å². The molecule has 1 amide bonds. The van der Waals surface area contributed by atoms with E-state index in [1.807, 2.05) is 26.1 Å². The summed E-state index contributed by atoms with van der Waals surface area (Å²) in [6.07, 6.45) is 3.50. The van der Waals surface area contributed by atoms with Crippen LogP contribution in [0.15, 0.2) is 18.5 Å². The molecule has 0 saturated carbocycles. The van der Waals surface area contributed by atoms with Crippen LogP contribution in [-0.2, 0) is 4.79 Å². The topological polar surface area (TPSA) is 62.5 Å². The predicted molar refractivity (Wildman–Crippen MR) is 83.5 cm³/mol. The summed E-state index contributed by atoms with van der Waals surface area (Å²) in [5, 5.41) is 7.71. The third-order valence-electron chi connectivity index (χ3n) is 3.57. The number of amides is 1. The van der Waals surface area contributed by atoms with E-state index in [1.54, 1.807) is 22.7 Å². The number of rotatable bonds is 5. The number of hydrogen-bond donors (Lipinski definition) is 1. The molecule has 1 N–H and O–H groups in total. The first-order chi connectivity index (χ1) is 9.93. The van der Waals surface area contributed by atoms with Gasteiger partial charge in [-0.3, -0.25) is 4.79 Å². The van der Waals surface area contributed by atoms with E-state index in [0.717, 1.165) is 11.2 Å². The number of likely N-dealkylation sites (N-methyl/N-ethyl adjacent to an activating group) is 1. The van der Waals surface area contributed by atoms with Crippen LogP contribution in [-0.4, -0.2) is 45.0 Å². The lowest BCUT2D eigenvalue weighted by molar-refractivity contribution is -0.130. The minimum atomic E-state index is -0.328. The van der Waals surface area contributed by atoms with Gasteiger partial charge in [0, 0.05) is 26.0 Å². The van der Waals surface area contributed by atoms with E-state index in [9.17, 15) is 4.79 Å². The van der Waals surface area contributed by atoms with E-state index >= 15 is 0 Å². The molecule has 0 fully saturated rings. The van der Waals surface area contributed by atoms with E-state index in [2.05, 4.69) is 29.2 Å². The van der Waals surface area contributed by atoms with Gasteiger partial charge in [-0.25, -0.2) is 9.50 Å². The first-order valence-electron chi connectivity index (χ1n) is 7.29. The Kier molecular flexibility index (Phi) is 4.45. The number of aromatic nitrogens is 3. The van der Waals surface area contributed by atoms with Crippen LogP contribution in [0.4, 0.5) is 5.82 Å². The molecule has 0 aliphatic rings. The van der Waals surface area contributed by atoms with E-state index < -0.39 is 0 Å². The average molecular weight is 289 g/mol. The molecule has 0 radical (unpaired) electrons. The molecule has 6 heteroatoms. The van der Waals surface area contributed by atoms with Gasteiger partial charge in [0.1, 0.15) is 11.6 Å². The van der Waals surface area contributed by atoms with Gasteiger partial charge in [-0.1, -0.05) is 13.8 Å². The first kappa shape index (κ1) is 15.3. The summed E-state index contributed by atoms with van der Waals surface area (Å²) in [5.41, 5.74) is 1.90. The molecule has 2 rings (SSSR count). The Hall–Kier alpha value is -2.11. The van der Waals surface area contributed by atoms with Crippen LogP contribution in [0.3, 0.4) is 0 Å². The van der Waals surface area contributed by atoms with Crippen molar-refractivity contribution in [2.45, 2.75) is 39.7 Å². The van der Waals surface area contributed by atoms with Crippen LogP contribution in [0, 0.1) is 0 Å². The molecule has 6 nitrogen and oxygen atoms in total. The van der Waals surface area contributed by atoms with Crippen LogP contribution in [0.25, 0.3) is 5.52 Å². The Morgan fingerprint density at radius 1 is 1.43 bits per heavy atom. The van der Waals surface area contributed by atoms with Crippen LogP contribution >= 0.6 is 0 Å². The smallest absolute Gasteiger partial charge is 0.244 e. The van der Waals surface area contributed by atoms with E-state index in [1.165, 1.54) is 0 Å². The van der Waals surface area contributed by atoms with Crippen molar-refractivity contribution in [2.75, 3.05) is 18.9 Å². The van der Waals surface area contributed by atoms with Crippen molar-refractivity contribution in [3.05, 3.63) is 24.2 Å². The lowest BCUT2D eigenvalue weighted by Crippen LogP contribution is -2.39. The van der Waals surface area contributed by atoms with Gasteiger partial charge in [-0.15, -0.1) is 0 Å². The maximum absolute atomic E-state index is 12.1. The number of anilines is 1. The summed E-state index contributed by atoms with van der Waals surface area (Å²) in [7, 11) is 1.80. The van der Waals surface area contributed by atoms with E-state index in [4.69, 9.17) is 0 Å². The molecular formula is C15H23N5O. The van der Waals surface area contributed by atoms with Gasteiger partial charge in [-0.2, -0.15) is 5.10 Å². The molecule has 1 unspecified atom stereocenters. The fraction of sp³-hybridized carbons (Fsp3) is 0.533. The highest BCUT2D eigenvalue weighted by Gasteiger charge is 2.18. The molecular weight excluding hydrogens is 266 g/mol. The Balaban J connectivity index is 2.28. The van der Waals surface area contributed by atoms with Crippen molar-refractivity contribution in [1.82, 2.24) is 19.5 Å². The van der Waals surface area contributed by atoms with Crippen molar-refractivity contribution >= 4 is 17.2 Å². The van der Waals surface area contributed by atoms with Gasteiger partial charge in [0.15, 0.2) is 5.82 Å². The maximum atomic E-state index is 12.1. The number of carbonyl (C=O) groups excluding carboxylic acids is 1. The second-order valence-corrected chi connectivity index (χ2v) is 5.55. The van der Waals surface area contributed by atoms with Crippen LogP contribution in [0.2, 0.25) is 0 Å². The number of carbonyl (C=O) groups is 1. The summed E-state index contributed by atoms with van der Waals surface area (Å²) >= 11 is 0. The summed E-state index contributed by atoms with van der Waals surface area (Å²) in [5.74, 6) is 1.08. The third kappa shape index (κ3) is 3.15. The Morgan fingerprint density at radius 2 is 2.14 bits per heavy atom. The Morgan fingerprint density at radius 3 is 2.76 bits per heavy atom. The number of nitrogens with zero attached hydrogens (tertiary/aromatic N) is 4. The highest BCUT2D eigenvalue weighted by Crippen LogP contribution is 2.20. The molecule has 2 heterocycles. The summed E-state index contributed by atoms with van der Waals surface area (Å²) in [6, 6.07) is 1.69. The Labute approximate surface area is 125 Å². The standard InChI is InChI=1S/C15H23N5O/c1-6-19(5)15(21)11(4)17-14-13-9-12(10(2)3)18-20(13)8-7-16-14/h7-11H,6H2,1-5H3,(H,16,17). The fourth-order valence-electron chi connectivity index (χ4n) is 2.09. The van der Waals surface area contributed by atoms with Gasteiger partial charge in [0.05, 0.1) is 5.69 Å². The molecule has 0 bridgehead atoms. The number of nitrogens with one attached hydrogen (secondary N) is 1. The van der Waals surface area contributed by atoms with E-state index in [-0.39, 0.29) is 11.9 Å². The average Bonchev–Trinajstić information content (AvgIpc) is 2.91. The van der Waals surface area contributed by atoms with Crippen molar-refractivity contribution in [3.63, 3.8) is 0 Å². The van der Waals surface area contributed by atoms with Gasteiger partial charge >= 0.3 is 0 Å². The van der Waals surface area contributed by atoms with Gasteiger partial charge in [0.25, 0.3) is 0 Å². The van der Waals surface area contributed by atoms with Crippen molar-refractivity contribution in [2.24, 2.45) is 0 Å². The number of fused-ring (bicyclic) bond motifs is 1. The fourth-order valence-corrected chi connectivity index (χ4v) is 2.09. The van der Waals surface area contributed by atoms with Crippen molar-refractivity contribution in [1.29, 1.82) is 0 Å². The molecule has 1 atom stereocenters. The second kappa shape index (κ2) is 6.11. The van der Waals surface area contributed by atoms with Crippen LogP contribution < -0.4 is 5.32 Å². The van der Waals surface area contributed by atoms with Gasteiger partial charge in [-0.05, 0) is 25.8 Å². The number of hydrogen-bond acceptors (Lipinski definition) is 4. The maximum Gasteiger partial charge on any atom is 0.244 e. The molecule has 2 aromatic rings. The SMILES string of the molecule is CCN(C)C(=O)C(C)Nc1nccn2nc(C(C)C)cc12. The highest BCUT2D eigenvalue weighted by molar-refractivity contribution is 5.85. The normalized spacial score (nSPS) is 12.7. The minimum Gasteiger partial charge on any atom is -0.357 e. The largest absolute Gasteiger partial charge is 0.357 e. The zero-order valence-electron chi connectivity index (χ0n) is 13.3. The van der Waals surface area contributed by atoms with Crippen LogP contribution in [0.5, 0.6) is 0 Å². The second-order valence-electron chi connectivity index (χ2n) is 5.55. The Bertz CT molecular complexity index is 634. The van der Waals surface area contributed by atoms with Gasteiger partial charge < -0.3 is 10.2 Å². The molecule has 0 aliphatic carbocycles.